The lowest BCUT2D eigenvalue weighted by Crippen LogP contribution is -2.25. The van der Waals surface area contributed by atoms with E-state index in [0.717, 1.165) is 39.2 Å². The lowest BCUT2D eigenvalue weighted by molar-refractivity contribution is 0.296. The molecule has 26 heavy (non-hydrogen) atoms. The molecule has 0 amide bonds. The molecule has 0 fully saturated rings. The van der Waals surface area contributed by atoms with Gasteiger partial charge < -0.3 is 4.74 Å². The summed E-state index contributed by atoms with van der Waals surface area (Å²) >= 11 is 0. The van der Waals surface area contributed by atoms with Gasteiger partial charge in [-0.05, 0) is 75.1 Å². The number of imidazole rings is 1. The molecule has 2 aromatic carbocycles. The lowest BCUT2D eigenvalue weighted by Gasteiger charge is -2.11. The molecule has 0 saturated carbocycles. The van der Waals surface area contributed by atoms with Gasteiger partial charge in [-0.3, -0.25) is 9.13 Å². The first-order chi connectivity index (χ1) is 12.3. The molecule has 0 radical (unpaired) electrons. The van der Waals surface area contributed by atoms with E-state index in [4.69, 9.17) is 4.74 Å². The van der Waals surface area contributed by atoms with E-state index in [-0.39, 0.29) is 5.69 Å². The summed E-state index contributed by atoms with van der Waals surface area (Å²) in [5, 5.41) is 0. The largest absolute Gasteiger partial charge is 0.491 e. The summed E-state index contributed by atoms with van der Waals surface area (Å²) < 4.78 is 9.42. The maximum Gasteiger partial charge on any atom is 0.333 e. The Morgan fingerprint density at radius 3 is 2.31 bits per heavy atom. The van der Waals surface area contributed by atoms with Gasteiger partial charge in [-0.1, -0.05) is 18.7 Å². The van der Waals surface area contributed by atoms with Crippen LogP contribution in [-0.4, -0.2) is 15.7 Å². The van der Waals surface area contributed by atoms with Gasteiger partial charge in [0.25, 0.3) is 0 Å². The van der Waals surface area contributed by atoms with Crippen molar-refractivity contribution in [2.75, 3.05) is 6.61 Å². The van der Waals surface area contributed by atoms with Crippen LogP contribution in [0.25, 0.3) is 16.7 Å². The van der Waals surface area contributed by atoms with E-state index in [9.17, 15) is 4.79 Å². The number of ether oxygens (including phenoxy) is 1. The zero-order chi connectivity index (χ0) is 19.0. The quantitative estimate of drug-likeness (QED) is 0.674. The van der Waals surface area contributed by atoms with E-state index in [2.05, 4.69) is 44.7 Å². The first-order valence-corrected chi connectivity index (χ1v) is 8.88. The Morgan fingerprint density at radius 1 is 1.00 bits per heavy atom. The third-order valence-electron chi connectivity index (χ3n) is 4.84. The molecular weight excluding hydrogens is 324 g/mol. The molecule has 0 unspecified atom stereocenters. The summed E-state index contributed by atoms with van der Waals surface area (Å²) in [6, 6.07) is 10.3. The average Bonchev–Trinajstić information content (AvgIpc) is 2.83. The second kappa shape index (κ2) is 6.87. The number of hydrogen-bond acceptors (Lipinski definition) is 2. The molecule has 0 aliphatic heterocycles. The van der Waals surface area contributed by atoms with Gasteiger partial charge in [0.1, 0.15) is 12.4 Å². The minimum Gasteiger partial charge on any atom is -0.491 e. The van der Waals surface area contributed by atoms with E-state index < -0.39 is 0 Å². The molecule has 0 spiro atoms. The highest BCUT2D eigenvalue weighted by molar-refractivity contribution is 5.81. The number of aromatic nitrogens is 2. The standard InChI is InChI=1S/C22H26N2O2/c1-14(2)24-20-13-18(6)17(5)12-19(20)23(22(24)25)9-10-26-21-11-15(3)7-8-16(21)4/h7-8,11-13H,1,9-10H2,2-6H3. The third kappa shape index (κ3) is 3.19. The molecule has 0 aliphatic rings. The van der Waals surface area contributed by atoms with Gasteiger partial charge in [0.05, 0.1) is 17.6 Å². The van der Waals surface area contributed by atoms with Crippen LogP contribution in [0.1, 0.15) is 29.2 Å². The fourth-order valence-corrected chi connectivity index (χ4v) is 3.20. The van der Waals surface area contributed by atoms with Gasteiger partial charge in [0.2, 0.25) is 0 Å². The van der Waals surface area contributed by atoms with Gasteiger partial charge in [0, 0.05) is 5.70 Å². The van der Waals surface area contributed by atoms with Crippen LogP contribution in [-0.2, 0) is 6.54 Å². The number of nitrogens with zero attached hydrogens (tertiary/aromatic N) is 2. The Kier molecular flexibility index (Phi) is 4.77. The van der Waals surface area contributed by atoms with E-state index in [1.807, 2.05) is 26.8 Å². The molecule has 0 aliphatic carbocycles. The minimum atomic E-state index is -0.0675. The predicted molar refractivity (Wildman–Crippen MR) is 108 cm³/mol. The van der Waals surface area contributed by atoms with Crippen LogP contribution >= 0.6 is 0 Å². The maximum absolute atomic E-state index is 12.9. The summed E-state index contributed by atoms with van der Waals surface area (Å²) in [5.41, 5.74) is 7.06. The Bertz CT molecular complexity index is 1050. The van der Waals surface area contributed by atoms with Crippen LogP contribution in [0.15, 0.2) is 41.7 Å². The van der Waals surface area contributed by atoms with E-state index in [0.29, 0.717) is 13.2 Å². The van der Waals surface area contributed by atoms with Gasteiger partial charge in [0.15, 0.2) is 0 Å². The molecule has 1 aromatic heterocycles. The maximum atomic E-state index is 12.9. The Hall–Kier alpha value is -2.75. The lowest BCUT2D eigenvalue weighted by atomic mass is 10.1. The molecule has 0 atom stereocenters. The summed E-state index contributed by atoms with van der Waals surface area (Å²) in [4.78, 5) is 12.9. The van der Waals surface area contributed by atoms with E-state index >= 15 is 0 Å². The normalized spacial score (nSPS) is 11.1. The highest BCUT2D eigenvalue weighted by atomic mass is 16.5. The molecule has 0 saturated heterocycles. The van der Waals surface area contributed by atoms with E-state index in [1.54, 1.807) is 9.13 Å². The Balaban J connectivity index is 1.96. The fourth-order valence-electron chi connectivity index (χ4n) is 3.20. The highest BCUT2D eigenvalue weighted by Crippen LogP contribution is 2.22. The summed E-state index contributed by atoms with van der Waals surface area (Å²) in [6.07, 6.45) is 0. The average molecular weight is 350 g/mol. The zero-order valence-corrected chi connectivity index (χ0v) is 16.2. The fraction of sp³-hybridized carbons (Fsp3) is 0.318. The highest BCUT2D eigenvalue weighted by Gasteiger charge is 2.15. The second-order valence-electron chi connectivity index (χ2n) is 7.05. The first kappa shape index (κ1) is 18.1. The van der Waals surface area contributed by atoms with Crippen molar-refractivity contribution < 1.29 is 4.74 Å². The van der Waals surface area contributed by atoms with Crippen molar-refractivity contribution in [3.05, 3.63) is 69.6 Å². The van der Waals surface area contributed by atoms with Crippen molar-refractivity contribution in [1.29, 1.82) is 0 Å². The van der Waals surface area contributed by atoms with Crippen molar-refractivity contribution in [1.82, 2.24) is 9.13 Å². The van der Waals surface area contributed by atoms with Crippen LogP contribution in [0.3, 0.4) is 0 Å². The number of fused-ring (bicyclic) bond motifs is 1. The van der Waals surface area contributed by atoms with Gasteiger partial charge >= 0.3 is 5.69 Å². The van der Waals surface area contributed by atoms with Crippen LogP contribution in [0.2, 0.25) is 0 Å². The minimum absolute atomic E-state index is 0.0675. The molecule has 0 N–H and O–H groups in total. The van der Waals surface area contributed by atoms with Crippen molar-refractivity contribution in [2.24, 2.45) is 0 Å². The number of hydrogen-bond donors (Lipinski definition) is 0. The summed E-state index contributed by atoms with van der Waals surface area (Å²) in [5.74, 6) is 0.869. The van der Waals surface area contributed by atoms with Crippen molar-refractivity contribution in [2.45, 2.75) is 41.2 Å². The Labute approximate surface area is 154 Å². The molecule has 136 valence electrons. The van der Waals surface area contributed by atoms with Gasteiger partial charge in [-0.15, -0.1) is 0 Å². The summed E-state index contributed by atoms with van der Waals surface area (Å²) in [7, 11) is 0. The SMILES string of the molecule is C=C(C)n1c(=O)n(CCOc2cc(C)ccc2C)c2cc(C)c(C)cc21. The smallest absolute Gasteiger partial charge is 0.333 e. The number of allylic oxidation sites excluding steroid dienone is 1. The van der Waals surface area contributed by atoms with Crippen LogP contribution in [0.5, 0.6) is 5.75 Å². The van der Waals surface area contributed by atoms with E-state index in [1.165, 1.54) is 5.56 Å². The summed E-state index contributed by atoms with van der Waals surface area (Å²) in [6.45, 7) is 14.9. The monoisotopic (exact) mass is 350 g/mol. The molecule has 0 bridgehead atoms. The van der Waals surface area contributed by atoms with Crippen LogP contribution in [0, 0.1) is 27.7 Å². The first-order valence-electron chi connectivity index (χ1n) is 8.88. The van der Waals surface area contributed by atoms with Crippen molar-refractivity contribution in [3.63, 3.8) is 0 Å². The van der Waals surface area contributed by atoms with Crippen LogP contribution in [0.4, 0.5) is 0 Å². The number of benzene rings is 2. The molecular formula is C22H26N2O2. The molecule has 1 heterocycles. The molecule has 3 rings (SSSR count). The molecule has 3 aromatic rings. The second-order valence-corrected chi connectivity index (χ2v) is 7.05. The number of aryl methyl sites for hydroxylation is 4. The van der Waals surface area contributed by atoms with Crippen molar-refractivity contribution in [3.8, 4) is 5.75 Å². The predicted octanol–water partition coefficient (Wildman–Crippen LogP) is 4.61. The third-order valence-corrected chi connectivity index (χ3v) is 4.84. The zero-order valence-electron chi connectivity index (χ0n) is 16.2. The molecule has 4 nitrogen and oxygen atoms in total. The van der Waals surface area contributed by atoms with Crippen molar-refractivity contribution >= 4 is 16.7 Å². The topological polar surface area (TPSA) is 36.2 Å². The van der Waals surface area contributed by atoms with Crippen LogP contribution < -0.4 is 10.4 Å². The number of rotatable bonds is 5. The Morgan fingerprint density at radius 2 is 1.65 bits per heavy atom. The van der Waals surface area contributed by atoms with Gasteiger partial charge in [-0.2, -0.15) is 0 Å². The molecule has 4 heteroatoms. The van der Waals surface area contributed by atoms with Gasteiger partial charge in [-0.25, -0.2) is 4.79 Å².